The number of hydrogen-bond acceptors (Lipinski definition) is 3. The van der Waals surface area contributed by atoms with Gasteiger partial charge in [-0.25, -0.2) is 9.37 Å². The number of amides is 1. The molecule has 0 aliphatic carbocycles. The molecule has 1 aromatic heterocycles. The van der Waals surface area contributed by atoms with Gasteiger partial charge in [0.1, 0.15) is 0 Å². The first-order valence-corrected chi connectivity index (χ1v) is 6.76. The molecule has 102 valence electrons. The van der Waals surface area contributed by atoms with Gasteiger partial charge in [0.05, 0.1) is 10.9 Å². The summed E-state index contributed by atoms with van der Waals surface area (Å²) >= 11 is 5.72. The first kappa shape index (κ1) is 12.7. The molecule has 1 aromatic rings. The number of fused-ring (bicyclic) bond motifs is 4. The lowest BCUT2D eigenvalue weighted by atomic mass is 9.95. The number of nitrogens with zero attached hydrogens (tertiary/aromatic N) is 3. The third kappa shape index (κ3) is 2.16. The van der Waals surface area contributed by atoms with Crippen LogP contribution in [0.2, 0.25) is 5.02 Å². The van der Waals surface area contributed by atoms with Gasteiger partial charge in [-0.05, 0) is 18.9 Å². The van der Waals surface area contributed by atoms with E-state index in [1.807, 2.05) is 11.9 Å². The second-order valence-corrected chi connectivity index (χ2v) is 5.68. The molecular formula is C13H15ClFN3O. The summed E-state index contributed by atoms with van der Waals surface area (Å²) in [4.78, 5) is 19.8. The Balaban J connectivity index is 1.92. The van der Waals surface area contributed by atoms with Crippen LogP contribution in [0.1, 0.15) is 12.8 Å². The number of carbonyl (C=O) groups is 1. The van der Waals surface area contributed by atoms with Gasteiger partial charge in [-0.3, -0.25) is 4.79 Å². The number of anilines is 1. The van der Waals surface area contributed by atoms with Gasteiger partial charge in [-0.15, -0.1) is 0 Å². The number of pyridine rings is 1. The molecule has 0 aromatic carbocycles. The number of halogens is 2. The summed E-state index contributed by atoms with van der Waals surface area (Å²) in [6.45, 7) is 1.16. The van der Waals surface area contributed by atoms with Crippen LogP contribution in [0.5, 0.6) is 0 Å². The molecule has 3 aliphatic rings. The Morgan fingerprint density at radius 1 is 1.42 bits per heavy atom. The average Bonchev–Trinajstić information content (AvgIpc) is 2.64. The van der Waals surface area contributed by atoms with Crippen molar-refractivity contribution < 1.29 is 9.18 Å². The smallest absolute Gasteiger partial charge is 0.227 e. The monoisotopic (exact) mass is 283 g/mol. The van der Waals surface area contributed by atoms with Crippen molar-refractivity contribution in [3.8, 4) is 0 Å². The van der Waals surface area contributed by atoms with Crippen molar-refractivity contribution in [3.63, 3.8) is 0 Å². The lowest BCUT2D eigenvalue weighted by Gasteiger charge is -2.32. The van der Waals surface area contributed by atoms with Crippen molar-refractivity contribution in [2.24, 2.45) is 5.92 Å². The fourth-order valence-corrected chi connectivity index (χ4v) is 3.11. The van der Waals surface area contributed by atoms with E-state index in [9.17, 15) is 9.18 Å². The molecule has 19 heavy (non-hydrogen) atoms. The summed E-state index contributed by atoms with van der Waals surface area (Å²) in [7, 11) is 1.83. The molecule has 3 saturated heterocycles. The Hall–Kier alpha value is -1.36. The molecule has 0 radical (unpaired) electrons. The predicted octanol–water partition coefficient (Wildman–Crippen LogP) is 1.93. The van der Waals surface area contributed by atoms with E-state index in [-0.39, 0.29) is 22.9 Å². The molecule has 2 bridgehead atoms. The van der Waals surface area contributed by atoms with Crippen molar-refractivity contribution in [1.82, 2.24) is 9.88 Å². The van der Waals surface area contributed by atoms with Crippen LogP contribution in [-0.2, 0) is 4.79 Å². The van der Waals surface area contributed by atoms with Crippen LogP contribution in [-0.4, -0.2) is 42.0 Å². The van der Waals surface area contributed by atoms with E-state index < -0.39 is 5.82 Å². The standard InChI is InChI=1S/C13H15ClFN3O/c1-17-10-3-2-8(13(17)19)6-18(7-10)12-11(15)4-9(14)5-16-12/h4-5,8,10H,2-3,6-7H2,1H3/t8-,10+/m1/s1. The van der Waals surface area contributed by atoms with E-state index in [1.165, 1.54) is 12.3 Å². The summed E-state index contributed by atoms with van der Waals surface area (Å²) in [5.41, 5.74) is 0. The molecule has 0 spiro atoms. The first-order chi connectivity index (χ1) is 9.06. The Morgan fingerprint density at radius 3 is 2.95 bits per heavy atom. The molecule has 4 heterocycles. The lowest BCUT2D eigenvalue weighted by Crippen LogP contribution is -2.45. The summed E-state index contributed by atoms with van der Waals surface area (Å²) in [6.07, 6.45) is 3.29. The van der Waals surface area contributed by atoms with Crippen molar-refractivity contribution in [1.29, 1.82) is 0 Å². The van der Waals surface area contributed by atoms with E-state index in [0.717, 1.165) is 12.8 Å². The zero-order valence-corrected chi connectivity index (χ0v) is 11.4. The highest BCUT2D eigenvalue weighted by molar-refractivity contribution is 6.30. The van der Waals surface area contributed by atoms with Crippen LogP contribution >= 0.6 is 11.6 Å². The maximum atomic E-state index is 13.9. The Morgan fingerprint density at radius 2 is 2.21 bits per heavy atom. The number of hydrogen-bond donors (Lipinski definition) is 0. The van der Waals surface area contributed by atoms with Gasteiger partial charge < -0.3 is 9.80 Å². The van der Waals surface area contributed by atoms with Gasteiger partial charge in [0, 0.05) is 32.4 Å². The molecule has 0 saturated carbocycles. The van der Waals surface area contributed by atoms with Crippen LogP contribution in [0.25, 0.3) is 0 Å². The van der Waals surface area contributed by atoms with E-state index in [4.69, 9.17) is 11.6 Å². The minimum Gasteiger partial charge on any atom is -0.351 e. The van der Waals surface area contributed by atoms with Crippen molar-refractivity contribution >= 4 is 23.3 Å². The molecule has 1 amide bonds. The van der Waals surface area contributed by atoms with Crippen LogP contribution in [0, 0.1) is 11.7 Å². The van der Waals surface area contributed by atoms with Gasteiger partial charge in [-0.1, -0.05) is 11.6 Å². The number of piperidine rings is 1. The normalized spacial score (nSPS) is 26.8. The summed E-state index contributed by atoms with van der Waals surface area (Å²) in [5, 5.41) is 0.284. The zero-order chi connectivity index (χ0) is 13.6. The molecular weight excluding hydrogens is 269 g/mol. The zero-order valence-electron chi connectivity index (χ0n) is 10.6. The quantitative estimate of drug-likeness (QED) is 0.790. The van der Waals surface area contributed by atoms with Crippen molar-refractivity contribution in [2.45, 2.75) is 18.9 Å². The van der Waals surface area contributed by atoms with Gasteiger partial charge in [0.15, 0.2) is 11.6 Å². The van der Waals surface area contributed by atoms with Crippen molar-refractivity contribution in [2.75, 3.05) is 25.0 Å². The van der Waals surface area contributed by atoms with Crippen LogP contribution in [0.15, 0.2) is 12.3 Å². The summed E-state index contributed by atoms with van der Waals surface area (Å²) in [5.74, 6) is -0.0259. The highest BCUT2D eigenvalue weighted by Gasteiger charge is 2.39. The maximum absolute atomic E-state index is 13.9. The Labute approximate surface area is 116 Å². The van der Waals surface area contributed by atoms with Gasteiger partial charge >= 0.3 is 0 Å². The highest BCUT2D eigenvalue weighted by Crippen LogP contribution is 2.31. The van der Waals surface area contributed by atoms with Gasteiger partial charge in [0.25, 0.3) is 0 Å². The number of carbonyl (C=O) groups excluding carboxylic acids is 1. The fraction of sp³-hybridized carbons (Fsp3) is 0.538. The van der Waals surface area contributed by atoms with Crippen LogP contribution < -0.4 is 4.90 Å². The molecule has 3 aliphatic heterocycles. The third-order valence-corrected chi connectivity index (χ3v) is 4.26. The first-order valence-electron chi connectivity index (χ1n) is 6.39. The average molecular weight is 284 g/mol. The topological polar surface area (TPSA) is 36.4 Å². The summed E-state index contributed by atoms with van der Waals surface area (Å²) in [6, 6.07) is 1.41. The Bertz CT molecular complexity index is 525. The molecule has 3 fully saturated rings. The minimum absolute atomic E-state index is 0.0550. The number of aromatic nitrogens is 1. The SMILES string of the molecule is CN1C(=O)[C@@H]2CC[C@H]1CN(c1ncc(Cl)cc1F)C2. The van der Waals surface area contributed by atoms with Crippen LogP contribution in [0.3, 0.4) is 0 Å². The van der Waals surface area contributed by atoms with Crippen molar-refractivity contribution in [3.05, 3.63) is 23.1 Å². The minimum atomic E-state index is -0.427. The van der Waals surface area contributed by atoms with E-state index in [1.54, 1.807) is 4.90 Å². The molecule has 6 heteroatoms. The molecule has 0 unspecified atom stereocenters. The Kier molecular flexibility index (Phi) is 3.09. The van der Waals surface area contributed by atoms with E-state index in [2.05, 4.69) is 4.98 Å². The lowest BCUT2D eigenvalue weighted by molar-refractivity contribution is -0.138. The third-order valence-electron chi connectivity index (χ3n) is 4.05. The number of likely N-dealkylation sites (N-methyl/N-ethyl adjacent to an activating group) is 1. The number of rotatable bonds is 1. The maximum Gasteiger partial charge on any atom is 0.227 e. The van der Waals surface area contributed by atoms with E-state index in [0.29, 0.717) is 18.9 Å². The summed E-state index contributed by atoms with van der Waals surface area (Å²) < 4.78 is 13.9. The predicted molar refractivity (Wildman–Crippen MR) is 70.7 cm³/mol. The molecule has 4 rings (SSSR count). The van der Waals surface area contributed by atoms with Gasteiger partial charge in [0.2, 0.25) is 5.91 Å². The highest BCUT2D eigenvalue weighted by atomic mass is 35.5. The van der Waals surface area contributed by atoms with Crippen LogP contribution in [0.4, 0.5) is 10.2 Å². The second kappa shape index (κ2) is 4.63. The molecule has 0 N–H and O–H groups in total. The largest absolute Gasteiger partial charge is 0.351 e. The molecule has 2 atom stereocenters. The van der Waals surface area contributed by atoms with E-state index >= 15 is 0 Å². The fourth-order valence-electron chi connectivity index (χ4n) is 2.97. The molecule has 4 nitrogen and oxygen atoms in total. The van der Waals surface area contributed by atoms with Gasteiger partial charge in [-0.2, -0.15) is 0 Å². The second-order valence-electron chi connectivity index (χ2n) is 5.24.